The Morgan fingerprint density at radius 3 is 2.17 bits per heavy atom. The molecule has 1 aromatic heterocycles. The summed E-state index contributed by atoms with van der Waals surface area (Å²) in [6.45, 7) is -0.0289. The number of carbonyl (C=O) groups excluding carboxylic acids is 1. The van der Waals surface area contributed by atoms with Gasteiger partial charge in [0.1, 0.15) is 19.0 Å². The van der Waals surface area contributed by atoms with Gasteiger partial charge in [0.15, 0.2) is 5.69 Å². The second-order valence-electron chi connectivity index (χ2n) is 7.69. The topological polar surface area (TPSA) is 108 Å². The van der Waals surface area contributed by atoms with Crippen molar-refractivity contribution in [1.29, 1.82) is 0 Å². The quantitative estimate of drug-likeness (QED) is 0.274. The average molecular weight is 494 g/mol. The minimum Gasteiger partial charge on any atom is -0.490 e. The van der Waals surface area contributed by atoms with Crippen molar-refractivity contribution in [2.75, 3.05) is 27.3 Å². The molecule has 0 radical (unpaired) electrons. The molecule has 0 fully saturated rings. The van der Waals surface area contributed by atoms with Crippen molar-refractivity contribution in [2.24, 2.45) is 0 Å². The van der Waals surface area contributed by atoms with Crippen LogP contribution in [-0.4, -0.2) is 55.8 Å². The lowest BCUT2D eigenvalue weighted by Crippen LogP contribution is -2.25. The number of ether oxygens (including phenoxy) is 2. The summed E-state index contributed by atoms with van der Waals surface area (Å²) < 4.78 is 37.5. The van der Waals surface area contributed by atoms with Crippen LogP contribution in [0.15, 0.2) is 88.6 Å². The van der Waals surface area contributed by atoms with Gasteiger partial charge in [0.2, 0.25) is 10.0 Å². The van der Waals surface area contributed by atoms with E-state index in [1.54, 1.807) is 48.5 Å². The molecule has 0 unspecified atom stereocenters. The summed E-state index contributed by atoms with van der Waals surface area (Å²) in [6.07, 6.45) is 0. The Bertz CT molecular complexity index is 1510. The molecule has 0 saturated carbocycles. The normalized spacial score (nSPS) is 11.5. The van der Waals surface area contributed by atoms with E-state index >= 15 is 0 Å². The smallest absolute Gasteiger partial charge is 0.359 e. The molecule has 0 bridgehead atoms. The third-order valence-corrected chi connectivity index (χ3v) is 7.02. The molecule has 10 heteroatoms. The summed E-state index contributed by atoms with van der Waals surface area (Å²) in [5.41, 5.74) is 0.203. The Morgan fingerprint density at radius 2 is 1.51 bits per heavy atom. The third kappa shape index (κ3) is 5.08. The van der Waals surface area contributed by atoms with Gasteiger partial charge in [-0.1, -0.05) is 36.4 Å². The number of hydrogen-bond donors (Lipinski definition) is 0. The first-order chi connectivity index (χ1) is 16.8. The number of sulfonamides is 1. The standard InChI is InChI=1S/C25H23N3O6S/c1-27(2)35(31,32)20-14-12-19(13-15-20)33-16-17-34-25(30)23-21-10-6-7-11-22(21)24(29)28(26-23)18-8-4-3-5-9-18/h3-15H,16-17H2,1-2H3. The molecular weight excluding hydrogens is 470 g/mol. The van der Waals surface area contributed by atoms with Gasteiger partial charge in [0.05, 0.1) is 16.0 Å². The molecule has 0 atom stereocenters. The Kier molecular flexibility index (Phi) is 6.94. The summed E-state index contributed by atoms with van der Waals surface area (Å²) in [7, 11) is -0.615. The molecule has 1 heterocycles. The Morgan fingerprint density at radius 1 is 0.886 bits per heavy atom. The van der Waals surface area contributed by atoms with Crippen LogP contribution in [0.1, 0.15) is 10.5 Å². The van der Waals surface area contributed by atoms with E-state index in [4.69, 9.17) is 9.47 Å². The van der Waals surface area contributed by atoms with Gasteiger partial charge in [-0.05, 0) is 42.5 Å². The molecule has 0 saturated heterocycles. The van der Waals surface area contributed by atoms with E-state index in [1.165, 1.54) is 43.0 Å². The first kappa shape index (κ1) is 24.1. The highest BCUT2D eigenvalue weighted by Crippen LogP contribution is 2.19. The van der Waals surface area contributed by atoms with Gasteiger partial charge in [-0.2, -0.15) is 9.78 Å². The Balaban J connectivity index is 1.47. The van der Waals surface area contributed by atoms with Crippen molar-refractivity contribution in [1.82, 2.24) is 14.1 Å². The zero-order chi connectivity index (χ0) is 25.0. The number of fused-ring (bicyclic) bond motifs is 1. The van der Waals surface area contributed by atoms with Gasteiger partial charge in [-0.25, -0.2) is 17.5 Å². The minimum atomic E-state index is -3.53. The summed E-state index contributed by atoms with van der Waals surface area (Å²) >= 11 is 0. The number of carbonyl (C=O) groups is 1. The van der Waals surface area contributed by atoms with Crippen molar-refractivity contribution >= 4 is 26.8 Å². The lowest BCUT2D eigenvalue weighted by Gasteiger charge is -2.12. The van der Waals surface area contributed by atoms with Crippen LogP contribution in [0.25, 0.3) is 16.5 Å². The number of aromatic nitrogens is 2. The fraction of sp³-hybridized carbons (Fsp3) is 0.160. The van der Waals surface area contributed by atoms with Gasteiger partial charge in [0.25, 0.3) is 5.56 Å². The fourth-order valence-corrected chi connectivity index (χ4v) is 4.27. The lowest BCUT2D eigenvalue weighted by molar-refractivity contribution is 0.0444. The van der Waals surface area contributed by atoms with Gasteiger partial charge in [-0.3, -0.25) is 4.79 Å². The maximum atomic E-state index is 12.9. The number of esters is 1. The largest absolute Gasteiger partial charge is 0.490 e. The second-order valence-corrected chi connectivity index (χ2v) is 9.84. The van der Waals surface area contributed by atoms with Crippen LogP contribution in [-0.2, 0) is 14.8 Å². The zero-order valence-electron chi connectivity index (χ0n) is 19.1. The highest BCUT2D eigenvalue weighted by atomic mass is 32.2. The van der Waals surface area contributed by atoms with E-state index in [2.05, 4.69) is 5.10 Å². The number of hydrogen-bond acceptors (Lipinski definition) is 7. The molecule has 0 N–H and O–H groups in total. The molecule has 4 aromatic rings. The minimum absolute atomic E-state index is 0.0160. The summed E-state index contributed by atoms with van der Waals surface area (Å²) in [6, 6.07) is 21.5. The molecule has 0 amide bonds. The molecule has 35 heavy (non-hydrogen) atoms. The fourth-order valence-electron chi connectivity index (χ4n) is 3.37. The monoisotopic (exact) mass is 493 g/mol. The van der Waals surface area contributed by atoms with E-state index in [-0.39, 0.29) is 29.4 Å². The first-order valence-electron chi connectivity index (χ1n) is 10.7. The molecule has 0 spiro atoms. The first-order valence-corrected chi connectivity index (χ1v) is 12.1. The molecule has 0 aliphatic rings. The van der Waals surface area contributed by atoms with Gasteiger partial charge in [-0.15, -0.1) is 0 Å². The van der Waals surface area contributed by atoms with Crippen molar-refractivity contribution < 1.29 is 22.7 Å². The molecule has 4 rings (SSSR count). The third-order valence-electron chi connectivity index (χ3n) is 5.19. The van der Waals surface area contributed by atoms with E-state index in [1.807, 2.05) is 6.07 Å². The van der Waals surface area contributed by atoms with Crippen LogP contribution in [0.2, 0.25) is 0 Å². The van der Waals surface area contributed by atoms with Gasteiger partial charge >= 0.3 is 5.97 Å². The van der Waals surface area contributed by atoms with Gasteiger partial charge in [0, 0.05) is 19.5 Å². The SMILES string of the molecule is CN(C)S(=O)(=O)c1ccc(OCCOC(=O)c2nn(-c3ccccc3)c(=O)c3ccccc23)cc1. The summed E-state index contributed by atoms with van der Waals surface area (Å²) in [5.74, 6) is -0.262. The number of nitrogens with zero attached hydrogens (tertiary/aromatic N) is 3. The summed E-state index contributed by atoms with van der Waals surface area (Å²) in [4.78, 5) is 25.9. The average Bonchev–Trinajstić information content (AvgIpc) is 2.87. The predicted molar refractivity (Wildman–Crippen MR) is 130 cm³/mol. The predicted octanol–water partition coefficient (Wildman–Crippen LogP) is 2.87. The molecule has 180 valence electrons. The molecule has 3 aromatic carbocycles. The van der Waals surface area contributed by atoms with Gasteiger partial charge < -0.3 is 9.47 Å². The van der Waals surface area contributed by atoms with Crippen LogP contribution >= 0.6 is 0 Å². The van der Waals surface area contributed by atoms with E-state index in [9.17, 15) is 18.0 Å². The number of rotatable bonds is 8. The maximum Gasteiger partial charge on any atom is 0.359 e. The highest BCUT2D eigenvalue weighted by Gasteiger charge is 2.19. The van der Waals surface area contributed by atoms with Crippen LogP contribution in [0.3, 0.4) is 0 Å². The van der Waals surface area contributed by atoms with Crippen LogP contribution in [0.4, 0.5) is 0 Å². The Hall–Kier alpha value is -4.02. The maximum absolute atomic E-state index is 12.9. The van der Waals surface area contributed by atoms with Crippen molar-refractivity contribution in [3.63, 3.8) is 0 Å². The number of para-hydroxylation sites is 1. The van der Waals surface area contributed by atoms with Crippen LogP contribution in [0.5, 0.6) is 5.75 Å². The second kappa shape index (κ2) is 10.1. The molecule has 0 aliphatic heterocycles. The molecule has 9 nitrogen and oxygen atoms in total. The zero-order valence-corrected chi connectivity index (χ0v) is 19.9. The van der Waals surface area contributed by atoms with E-state index in [0.29, 0.717) is 22.2 Å². The Labute approximate surface area is 202 Å². The van der Waals surface area contributed by atoms with E-state index in [0.717, 1.165) is 4.31 Å². The van der Waals surface area contributed by atoms with Crippen molar-refractivity contribution in [3.8, 4) is 11.4 Å². The van der Waals surface area contributed by atoms with E-state index < -0.39 is 16.0 Å². The van der Waals surface area contributed by atoms with Crippen molar-refractivity contribution in [3.05, 3.63) is 94.9 Å². The van der Waals surface area contributed by atoms with Crippen molar-refractivity contribution in [2.45, 2.75) is 4.90 Å². The molecule has 0 aliphatic carbocycles. The van der Waals surface area contributed by atoms with Crippen LogP contribution in [0, 0.1) is 0 Å². The molecular formula is C25H23N3O6S. The highest BCUT2D eigenvalue weighted by molar-refractivity contribution is 7.89. The van der Waals surface area contributed by atoms with Crippen LogP contribution < -0.4 is 10.3 Å². The number of benzene rings is 3. The lowest BCUT2D eigenvalue weighted by atomic mass is 10.1. The summed E-state index contributed by atoms with van der Waals surface area (Å²) in [5, 5.41) is 5.03.